The van der Waals surface area contributed by atoms with Gasteiger partial charge in [0.15, 0.2) is 0 Å². The van der Waals surface area contributed by atoms with Gasteiger partial charge in [0.25, 0.3) is 17.7 Å². The summed E-state index contributed by atoms with van der Waals surface area (Å²) in [7, 11) is 0. The Bertz CT molecular complexity index is 5650. The van der Waals surface area contributed by atoms with Gasteiger partial charge in [0.05, 0.1) is 35.3 Å². The average Bonchev–Trinajstić information content (AvgIpc) is 1.69. The number of nitrogens with two attached hydrogens (primary N) is 2. The number of amides is 8. The van der Waals surface area contributed by atoms with Crippen LogP contribution in [-0.2, 0) is 109 Å². The van der Waals surface area contributed by atoms with Crippen LogP contribution in [0.5, 0.6) is 0 Å². The molecule has 12 atom stereocenters. The number of aromatic carboxylic acids is 2. The first-order chi connectivity index (χ1) is 71.0. The maximum atomic E-state index is 13.8. The highest BCUT2D eigenvalue weighted by molar-refractivity contribution is 9.10. The summed E-state index contributed by atoms with van der Waals surface area (Å²) in [5, 5.41) is 48.4. The van der Waals surface area contributed by atoms with Crippen LogP contribution in [0, 0.1) is 64.3 Å². The van der Waals surface area contributed by atoms with Crippen LogP contribution in [0.4, 0.5) is 54.3 Å². The Morgan fingerprint density at radius 1 is 0.342 bits per heavy atom. The number of halogens is 10. The van der Waals surface area contributed by atoms with E-state index in [-0.39, 0.29) is 100 Å². The average molecular weight is 2210 g/mol. The molecule has 31 nitrogen and oxygen atoms in total. The number of Topliss-reactive ketones (excluding diaryl/α,β-unsaturated/α-hetero) is 3. The highest BCUT2D eigenvalue weighted by atomic mass is 79.9. The summed E-state index contributed by atoms with van der Waals surface area (Å²) in [6.07, 6.45) is 5.53. The number of hydrogen-bond donors (Lipinski definition) is 13. The zero-order chi connectivity index (χ0) is 109. The quantitative estimate of drug-likeness (QED) is 0.00956. The number of aliphatic carboxylic acids is 1. The molecule has 12 rings (SSSR count). The molecule has 8 aromatic carbocycles. The maximum absolute atomic E-state index is 13.8. The van der Waals surface area contributed by atoms with E-state index in [9.17, 15) is 102 Å². The minimum absolute atomic E-state index is 0.0409. The second kappa shape index (κ2) is 62.7. The van der Waals surface area contributed by atoms with Gasteiger partial charge >= 0.3 is 42.3 Å². The lowest BCUT2D eigenvalue weighted by Gasteiger charge is -2.17. The second-order valence-corrected chi connectivity index (χ2v) is 39.0. The lowest BCUT2D eigenvalue weighted by Crippen LogP contribution is -2.44. The number of carbonyl (C=O) groups excluding carboxylic acids is 11. The van der Waals surface area contributed by atoms with Crippen molar-refractivity contribution < 1.29 is 137 Å². The minimum Gasteiger partial charge on any atom is -0.478 e. The number of carboxylic acids is 3. The van der Waals surface area contributed by atoms with E-state index in [1.165, 1.54) is 36.4 Å². The third-order valence-corrected chi connectivity index (χ3v) is 25.4. The van der Waals surface area contributed by atoms with Crippen LogP contribution < -0.4 is 54.0 Å². The number of nitrogens with one attached hydrogen (secondary N) is 8. The fraction of sp³-hybridized carbons (Fsp3) is 0.426. The monoisotopic (exact) mass is 2210 g/mol. The molecule has 0 saturated carbocycles. The number of ketones is 3. The molecule has 4 aliphatic rings. The van der Waals surface area contributed by atoms with Crippen molar-refractivity contribution in [1.82, 2.24) is 42.5 Å². The number of alkyl carbamates (subject to hydrolysis) is 4. The van der Waals surface area contributed by atoms with Crippen molar-refractivity contribution in [2.24, 2.45) is 29.2 Å². The first-order valence-corrected chi connectivity index (χ1v) is 50.7. The summed E-state index contributed by atoms with van der Waals surface area (Å²) in [6, 6.07) is 37.9. The second-order valence-electron chi connectivity index (χ2n) is 37.1. The molecule has 8 aromatic rings. The molecule has 4 aliphatic heterocycles. The van der Waals surface area contributed by atoms with Gasteiger partial charge in [-0.25, -0.2) is 68.7 Å². The molecule has 41 heteroatoms. The highest BCUT2D eigenvalue weighted by Gasteiger charge is 2.43. The third kappa shape index (κ3) is 44.0. The standard InChI is InChI=1S/C28H32F2N2O6.C27H31BrF2N2O4.C27H31F2N3O6.C15H22F2N2O.C11H10BrNO4/c1-17(13-20-16-21(29)10-11-23(20)30)14-22(33)5-3-2-4-12-31-26(34)25-24(32-28(37)38-25)15-18-6-8-19(9-7-18)27(35)36;1-17(13-19-16-21(29)10-11-23(19)30)14-22(33)5-3-2-4-12-31-26(34)25-24(32-27(35)36-25)15-18-6-8-20(28)9-7-18;28-19-9-10-22(29)18(13-19)14-20(30)15-21(33)4-2-1-3-11-31-25(34)24-23(32-27(37)38-24)12-16-5-7-17(8-6-16)26(35)36;1-11(9-15(20)19-7-3-2-6-18)8-12-10-13(16)4-5-14(12)17;12-7-3-1-6(2-4-7)5-8-9(10(14)15)17-11(16)13-8/h6-11,16-17,24-25H,2-5,12-15H2,1H3,(H,31,34)(H,32,37)(H,35,36);6-11,16-17,24-25H,2-5,12-15H2,1H3,(H,31,34)(H,32,35);5-10,13,20,23-24H,1-4,11-12,14-15,30H2,(H,31,34)(H,32,37)(H,35,36);4-5,10-11H,2-3,6-9,18H2,1H3,(H,19,20);1-4,8-9H,5H2,(H,13,16)(H,14,15)/t2*17?,24-,25+;20?,23-,24+;;8-,9+/m111.1/s1. The molecule has 4 fully saturated rings. The predicted octanol–water partition coefficient (Wildman–Crippen LogP) is 16.3. The van der Waals surface area contributed by atoms with E-state index in [0.29, 0.717) is 160 Å². The van der Waals surface area contributed by atoms with Crippen LogP contribution in [0.3, 0.4) is 0 Å². The number of carbonyl (C=O) groups is 14. The molecule has 0 bridgehead atoms. The van der Waals surface area contributed by atoms with E-state index in [4.69, 9.17) is 41.0 Å². The van der Waals surface area contributed by atoms with Crippen LogP contribution in [0.1, 0.15) is 202 Å². The van der Waals surface area contributed by atoms with Gasteiger partial charge in [-0.1, -0.05) is 120 Å². The molecular weight excluding hydrogens is 2090 g/mol. The largest absolute Gasteiger partial charge is 0.478 e. The molecule has 0 aromatic heterocycles. The van der Waals surface area contributed by atoms with Crippen molar-refractivity contribution in [3.8, 4) is 0 Å². The van der Waals surface area contributed by atoms with Crippen LogP contribution >= 0.6 is 31.9 Å². The Balaban J connectivity index is 0.000000234. The van der Waals surface area contributed by atoms with Gasteiger partial charge < -0.3 is 88.3 Å². The van der Waals surface area contributed by atoms with Gasteiger partial charge in [-0.3, -0.25) is 33.6 Å². The number of ether oxygens (including phenoxy) is 4. The van der Waals surface area contributed by atoms with Crippen molar-refractivity contribution in [1.29, 1.82) is 0 Å². The first kappa shape index (κ1) is 121. The first-order valence-electron chi connectivity index (χ1n) is 49.1. The van der Waals surface area contributed by atoms with Crippen LogP contribution in [-0.4, -0.2) is 186 Å². The number of rotatable bonds is 52. The molecule has 0 radical (unpaired) electrons. The Morgan fingerprint density at radius 2 is 0.611 bits per heavy atom. The van der Waals surface area contributed by atoms with Gasteiger partial charge in [-0.05, 0) is 293 Å². The zero-order valence-corrected chi connectivity index (χ0v) is 85.8. The van der Waals surface area contributed by atoms with E-state index in [2.05, 4.69) is 79.1 Å². The van der Waals surface area contributed by atoms with E-state index < -0.39 is 155 Å². The molecule has 4 heterocycles. The molecule has 149 heavy (non-hydrogen) atoms. The summed E-state index contributed by atoms with van der Waals surface area (Å²) in [5.41, 5.74) is 16.0. The summed E-state index contributed by atoms with van der Waals surface area (Å²) < 4.78 is 130. The Morgan fingerprint density at radius 3 is 0.913 bits per heavy atom. The van der Waals surface area contributed by atoms with Gasteiger partial charge in [-0.15, -0.1) is 0 Å². The summed E-state index contributed by atoms with van der Waals surface area (Å²) in [5.74, 6) is -8.57. The molecule has 4 saturated heterocycles. The highest BCUT2D eigenvalue weighted by Crippen LogP contribution is 2.27. The molecule has 804 valence electrons. The molecule has 15 N–H and O–H groups in total. The van der Waals surface area contributed by atoms with Crippen molar-refractivity contribution in [3.63, 3.8) is 0 Å². The fourth-order valence-electron chi connectivity index (χ4n) is 16.8. The predicted molar refractivity (Wildman–Crippen MR) is 541 cm³/mol. The summed E-state index contributed by atoms with van der Waals surface area (Å²) >= 11 is 6.70. The number of carboxylic acid groups (broad SMARTS) is 3. The van der Waals surface area contributed by atoms with Gasteiger partial charge in [0, 0.05) is 86.1 Å². The van der Waals surface area contributed by atoms with Crippen molar-refractivity contribution in [2.45, 2.75) is 242 Å². The fourth-order valence-corrected chi connectivity index (χ4v) is 17.3. The maximum Gasteiger partial charge on any atom is 0.408 e. The number of hydrogen-bond acceptors (Lipinski definition) is 20. The van der Waals surface area contributed by atoms with E-state index in [1.807, 2.05) is 69.3 Å². The van der Waals surface area contributed by atoms with Gasteiger partial charge in [-0.2, -0.15) is 0 Å². The molecule has 0 spiro atoms. The van der Waals surface area contributed by atoms with Crippen LogP contribution in [0.15, 0.2) is 179 Å². The molecule has 0 aliphatic carbocycles. The molecule has 8 amide bonds. The normalized spacial score (nSPS) is 17.4. The third-order valence-electron chi connectivity index (χ3n) is 24.3. The van der Waals surface area contributed by atoms with E-state index in [1.54, 1.807) is 24.3 Å². The SMILES string of the molecule is CC(CC(=O)CCCCCNC(=O)[C@H]1OC(=O)N[C@@H]1Cc1ccc(Br)cc1)Cc1cc(F)ccc1F.CC(CC(=O)CCCCCNC(=O)[C@H]1OC(=O)N[C@@H]1Cc1ccc(C(=O)O)cc1)Cc1cc(F)ccc1F.CC(CC(=O)NCCCCN)Cc1cc(F)ccc1F.NC(CC(=O)CCCCCNC(=O)[C@H]1OC(=O)N[C@@H]1Cc1ccc(C(=O)O)cc1)Cc1cc(F)ccc1F.O=C1N[C@H](Cc2ccc(Br)cc2)[C@@H](C(=O)O)O1. The number of benzene rings is 8. The van der Waals surface area contributed by atoms with E-state index >= 15 is 0 Å². The molecule has 4 unspecified atom stereocenters. The topological polar surface area (TPSA) is 485 Å². The molecular formula is C108H126Br2F8N10O21. The van der Waals surface area contributed by atoms with Crippen LogP contribution in [0.25, 0.3) is 0 Å². The lowest BCUT2D eigenvalue weighted by molar-refractivity contribution is -0.146. The van der Waals surface area contributed by atoms with Crippen molar-refractivity contribution >= 4 is 115 Å². The van der Waals surface area contributed by atoms with E-state index in [0.717, 1.165) is 111 Å². The number of cyclic esters (lactones) is 4. The van der Waals surface area contributed by atoms with Crippen molar-refractivity contribution in [2.75, 3.05) is 32.7 Å². The van der Waals surface area contributed by atoms with Crippen LogP contribution in [0.2, 0.25) is 0 Å². The Hall–Kier alpha value is -13.5. The van der Waals surface area contributed by atoms with Gasteiger partial charge in [0.1, 0.15) is 63.9 Å². The van der Waals surface area contributed by atoms with Gasteiger partial charge in [0.2, 0.25) is 30.3 Å². The van der Waals surface area contributed by atoms with Crippen molar-refractivity contribution in [3.05, 3.63) is 281 Å². The smallest absolute Gasteiger partial charge is 0.408 e. The minimum atomic E-state index is -1.13. The lowest BCUT2D eigenvalue weighted by atomic mass is 9.94. The Labute approximate surface area is 874 Å². The summed E-state index contributed by atoms with van der Waals surface area (Å²) in [4.78, 5) is 165. The summed E-state index contributed by atoms with van der Waals surface area (Å²) in [6.45, 7) is 7.87. The number of unbranched alkanes of at least 4 members (excludes halogenated alkanes) is 7. The zero-order valence-electron chi connectivity index (χ0n) is 82.6. The Kier molecular flexibility index (Phi) is 50.8.